The molecule has 0 bridgehead atoms. The van der Waals surface area contributed by atoms with Gasteiger partial charge in [-0.05, 0) is 43.9 Å². The summed E-state index contributed by atoms with van der Waals surface area (Å²) in [6.07, 6.45) is 6.06. The van der Waals surface area contributed by atoms with Crippen molar-refractivity contribution in [1.82, 2.24) is 5.32 Å². The van der Waals surface area contributed by atoms with Gasteiger partial charge in [-0.2, -0.15) is 0 Å². The molecular formula is C14H26N2O2. The van der Waals surface area contributed by atoms with Gasteiger partial charge >= 0.3 is 0 Å². The van der Waals surface area contributed by atoms with E-state index in [9.17, 15) is 4.79 Å². The van der Waals surface area contributed by atoms with Crippen LogP contribution in [-0.2, 0) is 9.53 Å². The number of ether oxygens (including phenoxy) is 1. The Hall–Kier alpha value is -0.610. The lowest BCUT2D eigenvalue weighted by Crippen LogP contribution is -2.46. The second kappa shape index (κ2) is 6.02. The third kappa shape index (κ3) is 3.95. The highest BCUT2D eigenvalue weighted by Crippen LogP contribution is 2.31. The standard InChI is InChI=1S/C14H26N2O2/c1-9-3-6-12(7-10(9)2)18-8-13(14(15)17)16-11-4-5-11/h9-13,16H,3-8H2,1-2H3,(H2,15,17). The molecule has 0 spiro atoms. The van der Waals surface area contributed by atoms with E-state index in [1.165, 1.54) is 6.42 Å². The SMILES string of the molecule is CC1CCC(OCC(NC2CC2)C(N)=O)CC1C. The minimum absolute atomic E-state index is 0.292. The van der Waals surface area contributed by atoms with Gasteiger partial charge in [0.15, 0.2) is 0 Å². The highest BCUT2D eigenvalue weighted by atomic mass is 16.5. The number of amides is 1. The van der Waals surface area contributed by atoms with Gasteiger partial charge in [0.2, 0.25) is 5.91 Å². The zero-order chi connectivity index (χ0) is 13.1. The molecule has 0 heterocycles. The molecule has 4 unspecified atom stereocenters. The van der Waals surface area contributed by atoms with Crippen LogP contribution in [0.3, 0.4) is 0 Å². The van der Waals surface area contributed by atoms with Gasteiger partial charge in [0.1, 0.15) is 6.04 Å². The van der Waals surface area contributed by atoms with Crippen molar-refractivity contribution in [2.24, 2.45) is 17.6 Å². The van der Waals surface area contributed by atoms with E-state index >= 15 is 0 Å². The van der Waals surface area contributed by atoms with Crippen molar-refractivity contribution in [3.05, 3.63) is 0 Å². The van der Waals surface area contributed by atoms with Gasteiger partial charge in [0.25, 0.3) is 0 Å². The van der Waals surface area contributed by atoms with Crippen LogP contribution in [0.1, 0.15) is 46.0 Å². The molecule has 0 saturated heterocycles. The molecular weight excluding hydrogens is 228 g/mol. The molecule has 0 aromatic heterocycles. The maximum absolute atomic E-state index is 11.3. The molecule has 4 nitrogen and oxygen atoms in total. The van der Waals surface area contributed by atoms with Crippen LogP contribution < -0.4 is 11.1 Å². The van der Waals surface area contributed by atoms with Gasteiger partial charge in [0, 0.05) is 6.04 Å². The highest BCUT2D eigenvalue weighted by molar-refractivity contribution is 5.80. The van der Waals surface area contributed by atoms with Crippen LogP contribution in [0.4, 0.5) is 0 Å². The first-order chi connectivity index (χ1) is 8.56. The van der Waals surface area contributed by atoms with E-state index in [-0.39, 0.29) is 11.9 Å². The molecule has 4 heteroatoms. The topological polar surface area (TPSA) is 64.3 Å². The third-order valence-electron chi connectivity index (χ3n) is 4.41. The van der Waals surface area contributed by atoms with Crippen molar-refractivity contribution in [2.45, 2.75) is 64.1 Å². The largest absolute Gasteiger partial charge is 0.376 e. The summed E-state index contributed by atoms with van der Waals surface area (Å²) in [5.41, 5.74) is 5.40. The van der Waals surface area contributed by atoms with Crippen LogP contribution in [0.15, 0.2) is 0 Å². The van der Waals surface area contributed by atoms with Gasteiger partial charge < -0.3 is 15.8 Å². The lowest BCUT2D eigenvalue weighted by molar-refractivity contribution is -0.122. The Morgan fingerprint density at radius 3 is 2.56 bits per heavy atom. The van der Waals surface area contributed by atoms with Crippen LogP contribution in [-0.4, -0.2) is 30.7 Å². The molecule has 0 radical (unpaired) electrons. The van der Waals surface area contributed by atoms with Gasteiger partial charge in [0.05, 0.1) is 12.7 Å². The molecule has 3 N–H and O–H groups in total. The first-order valence-corrected chi connectivity index (χ1v) is 7.23. The monoisotopic (exact) mass is 254 g/mol. The Morgan fingerprint density at radius 2 is 2.00 bits per heavy atom. The van der Waals surface area contributed by atoms with Crippen LogP contribution >= 0.6 is 0 Å². The summed E-state index contributed by atoms with van der Waals surface area (Å²) >= 11 is 0. The van der Waals surface area contributed by atoms with Crippen LogP contribution in [0.25, 0.3) is 0 Å². The van der Waals surface area contributed by atoms with E-state index in [0.717, 1.165) is 31.6 Å². The van der Waals surface area contributed by atoms with Gasteiger partial charge in [-0.15, -0.1) is 0 Å². The number of primary amides is 1. The molecule has 2 aliphatic carbocycles. The second-order valence-corrected chi connectivity index (χ2v) is 6.12. The molecule has 4 atom stereocenters. The lowest BCUT2D eigenvalue weighted by atomic mass is 9.80. The molecule has 2 rings (SSSR count). The molecule has 0 aromatic rings. The zero-order valence-electron chi connectivity index (χ0n) is 11.5. The normalized spacial score (nSPS) is 34.2. The molecule has 104 valence electrons. The molecule has 0 aromatic carbocycles. The molecule has 1 amide bonds. The van der Waals surface area contributed by atoms with Crippen molar-refractivity contribution in [1.29, 1.82) is 0 Å². The summed E-state index contributed by atoms with van der Waals surface area (Å²) < 4.78 is 5.89. The van der Waals surface area contributed by atoms with Crippen molar-refractivity contribution in [3.63, 3.8) is 0 Å². The molecule has 2 aliphatic rings. The number of nitrogens with one attached hydrogen (secondary N) is 1. The fraction of sp³-hybridized carbons (Fsp3) is 0.929. The quantitative estimate of drug-likeness (QED) is 0.753. The molecule has 2 fully saturated rings. The summed E-state index contributed by atoms with van der Waals surface area (Å²) in [5, 5.41) is 3.25. The first-order valence-electron chi connectivity index (χ1n) is 7.23. The van der Waals surface area contributed by atoms with Crippen LogP contribution in [0.5, 0.6) is 0 Å². The van der Waals surface area contributed by atoms with E-state index in [1.54, 1.807) is 0 Å². The van der Waals surface area contributed by atoms with E-state index in [4.69, 9.17) is 10.5 Å². The Bertz CT molecular complexity index is 292. The summed E-state index contributed by atoms with van der Waals surface area (Å²) in [5.74, 6) is 1.22. The van der Waals surface area contributed by atoms with E-state index in [0.29, 0.717) is 24.7 Å². The Morgan fingerprint density at radius 1 is 1.28 bits per heavy atom. The van der Waals surface area contributed by atoms with Gasteiger partial charge in [-0.3, -0.25) is 4.79 Å². The second-order valence-electron chi connectivity index (χ2n) is 6.12. The highest BCUT2D eigenvalue weighted by Gasteiger charge is 2.29. The minimum Gasteiger partial charge on any atom is -0.376 e. The van der Waals surface area contributed by atoms with E-state index in [1.807, 2.05) is 0 Å². The van der Waals surface area contributed by atoms with Crippen LogP contribution in [0.2, 0.25) is 0 Å². The average molecular weight is 254 g/mol. The van der Waals surface area contributed by atoms with Crippen molar-refractivity contribution < 1.29 is 9.53 Å². The Balaban J connectivity index is 1.73. The molecule has 2 saturated carbocycles. The first kappa shape index (κ1) is 13.8. The summed E-state index contributed by atoms with van der Waals surface area (Å²) in [6, 6.07) is 0.170. The third-order valence-corrected chi connectivity index (χ3v) is 4.41. The number of rotatable bonds is 6. The number of hydrogen-bond donors (Lipinski definition) is 2. The van der Waals surface area contributed by atoms with Gasteiger partial charge in [-0.25, -0.2) is 0 Å². The maximum atomic E-state index is 11.3. The van der Waals surface area contributed by atoms with Crippen molar-refractivity contribution in [3.8, 4) is 0 Å². The minimum atomic E-state index is -0.313. The fourth-order valence-corrected chi connectivity index (χ4v) is 2.63. The van der Waals surface area contributed by atoms with E-state index < -0.39 is 0 Å². The smallest absolute Gasteiger partial charge is 0.236 e. The van der Waals surface area contributed by atoms with E-state index in [2.05, 4.69) is 19.2 Å². The predicted octanol–water partition coefficient (Wildman–Crippen LogP) is 1.43. The average Bonchev–Trinajstić information content (AvgIpc) is 3.12. The summed E-state index contributed by atoms with van der Waals surface area (Å²) in [4.78, 5) is 11.3. The fourth-order valence-electron chi connectivity index (χ4n) is 2.63. The summed E-state index contributed by atoms with van der Waals surface area (Å²) in [6.45, 7) is 5.02. The lowest BCUT2D eigenvalue weighted by Gasteiger charge is -2.32. The molecule has 18 heavy (non-hydrogen) atoms. The number of nitrogens with two attached hydrogens (primary N) is 1. The predicted molar refractivity (Wildman–Crippen MR) is 71.1 cm³/mol. The number of hydrogen-bond acceptors (Lipinski definition) is 3. The van der Waals surface area contributed by atoms with Crippen LogP contribution in [0, 0.1) is 11.8 Å². The maximum Gasteiger partial charge on any atom is 0.236 e. The van der Waals surface area contributed by atoms with Gasteiger partial charge in [-0.1, -0.05) is 13.8 Å². The Labute approximate surface area is 110 Å². The Kier molecular flexibility index (Phi) is 4.62. The summed E-state index contributed by atoms with van der Waals surface area (Å²) in [7, 11) is 0. The van der Waals surface area contributed by atoms with Crippen molar-refractivity contribution in [2.75, 3.05) is 6.61 Å². The zero-order valence-corrected chi connectivity index (χ0v) is 11.5. The number of carbonyl (C=O) groups is 1. The number of carbonyl (C=O) groups excluding carboxylic acids is 1. The van der Waals surface area contributed by atoms with Crippen molar-refractivity contribution >= 4 is 5.91 Å². The molecule has 0 aliphatic heterocycles.